The molecule has 2 nitrogen and oxygen atoms in total. The molecule has 0 aliphatic rings. The van der Waals surface area contributed by atoms with Crippen molar-refractivity contribution in [3.8, 4) is 0 Å². The first-order chi connectivity index (χ1) is 8.75. The second kappa shape index (κ2) is 7.84. The molecule has 0 atom stereocenters. The van der Waals surface area contributed by atoms with E-state index in [1.54, 1.807) is 0 Å². The molecular formula is C16H16LiNO. The molecule has 92 valence electrons. The fraction of sp³-hybridized carbons (Fsp3) is 0.188. The topological polar surface area (TPSA) is 21.6 Å². The van der Waals surface area contributed by atoms with E-state index in [0.29, 0.717) is 5.90 Å². The Balaban J connectivity index is 0.00000180. The van der Waals surface area contributed by atoms with E-state index in [-0.39, 0.29) is 25.0 Å². The number of nitrogens with zero attached hydrogens (tertiary/aromatic N) is 1. The zero-order chi connectivity index (χ0) is 12.8. The van der Waals surface area contributed by atoms with Gasteiger partial charge in [-0.25, -0.2) is 4.99 Å². The molecule has 0 saturated carbocycles. The summed E-state index contributed by atoms with van der Waals surface area (Å²) < 4.78 is 5.77. The molecular weight excluding hydrogens is 229 g/mol. The van der Waals surface area contributed by atoms with Gasteiger partial charge in [-0.2, -0.15) is 30.3 Å². The Labute approximate surface area is 126 Å². The van der Waals surface area contributed by atoms with Crippen LogP contribution in [-0.4, -0.2) is 12.0 Å². The second-order valence-corrected chi connectivity index (χ2v) is 4.21. The average Bonchev–Trinajstić information content (AvgIpc) is 2.40. The predicted molar refractivity (Wildman–Crippen MR) is 74.1 cm³/mol. The second-order valence-electron chi connectivity index (χ2n) is 4.21. The minimum Gasteiger partial charge on any atom is -0.484 e. The summed E-state index contributed by atoms with van der Waals surface area (Å²) in [6.45, 7) is 3.99. The van der Waals surface area contributed by atoms with Gasteiger partial charge in [0.2, 0.25) is 0 Å². The fourth-order valence-electron chi connectivity index (χ4n) is 1.53. The molecule has 0 amide bonds. The fourth-order valence-corrected chi connectivity index (χ4v) is 1.53. The molecule has 0 heterocycles. The van der Waals surface area contributed by atoms with Gasteiger partial charge in [0.05, 0.1) is 11.8 Å². The van der Waals surface area contributed by atoms with E-state index < -0.39 is 0 Å². The van der Waals surface area contributed by atoms with Crippen LogP contribution >= 0.6 is 0 Å². The van der Waals surface area contributed by atoms with Crippen LogP contribution in [-0.2, 0) is 4.74 Å². The number of hydrogen-bond acceptors (Lipinski definition) is 2. The van der Waals surface area contributed by atoms with Gasteiger partial charge in [0, 0.05) is 0 Å². The Bertz CT molecular complexity index is 509. The minimum atomic E-state index is 0. The van der Waals surface area contributed by atoms with Crippen molar-refractivity contribution in [3.05, 3.63) is 66.2 Å². The molecule has 2 rings (SSSR count). The molecule has 0 aliphatic heterocycles. The van der Waals surface area contributed by atoms with Gasteiger partial charge < -0.3 is 4.74 Å². The van der Waals surface area contributed by atoms with E-state index in [4.69, 9.17) is 4.74 Å². The van der Waals surface area contributed by atoms with E-state index in [2.05, 4.69) is 11.1 Å². The van der Waals surface area contributed by atoms with Gasteiger partial charge in [0.1, 0.15) is 0 Å². The van der Waals surface area contributed by atoms with E-state index >= 15 is 0 Å². The maximum Gasteiger partial charge on any atom is 1.00 e. The third-order valence-electron chi connectivity index (χ3n) is 2.29. The molecule has 0 aliphatic carbocycles. The maximum absolute atomic E-state index is 5.77. The van der Waals surface area contributed by atoms with Gasteiger partial charge in [-0.3, -0.25) is 0 Å². The first-order valence-corrected chi connectivity index (χ1v) is 6.02. The van der Waals surface area contributed by atoms with Crippen LogP contribution in [0.3, 0.4) is 0 Å². The van der Waals surface area contributed by atoms with E-state index in [0.717, 1.165) is 11.3 Å². The van der Waals surface area contributed by atoms with Crippen molar-refractivity contribution in [2.75, 3.05) is 0 Å². The summed E-state index contributed by atoms with van der Waals surface area (Å²) in [5, 5.41) is 0. The Morgan fingerprint density at radius 1 is 1.11 bits per heavy atom. The molecule has 0 spiro atoms. The number of benzene rings is 2. The van der Waals surface area contributed by atoms with Crippen LogP contribution in [0.1, 0.15) is 19.4 Å². The summed E-state index contributed by atoms with van der Waals surface area (Å²) in [4.78, 5) is 4.54. The van der Waals surface area contributed by atoms with Gasteiger partial charge in [-0.05, 0) is 26.0 Å². The Morgan fingerprint density at radius 2 is 1.84 bits per heavy atom. The van der Waals surface area contributed by atoms with Crippen molar-refractivity contribution in [3.63, 3.8) is 0 Å². The third-order valence-corrected chi connectivity index (χ3v) is 2.29. The molecule has 2 aromatic rings. The maximum atomic E-state index is 5.77. The van der Waals surface area contributed by atoms with E-state index in [1.165, 1.54) is 0 Å². The summed E-state index contributed by atoms with van der Waals surface area (Å²) in [6.07, 6.45) is 0.0904. The van der Waals surface area contributed by atoms with Gasteiger partial charge in [0.15, 0.2) is 5.90 Å². The predicted octanol–water partition coefficient (Wildman–Crippen LogP) is 0.994. The Kier molecular flexibility index (Phi) is 6.42. The van der Waals surface area contributed by atoms with Crippen LogP contribution in [0.5, 0.6) is 0 Å². The van der Waals surface area contributed by atoms with Crippen molar-refractivity contribution < 1.29 is 23.6 Å². The van der Waals surface area contributed by atoms with Crippen molar-refractivity contribution >= 4 is 11.6 Å². The van der Waals surface area contributed by atoms with Crippen LogP contribution in [0.15, 0.2) is 59.6 Å². The standard InChI is InChI=1S/C16H16NO.Li/c1-13(2)18-16(14-9-5-3-6-10-14)17-15-11-7-4-8-12-15;/h3-5,7-13H,1-2H3;/q-1;+1. The van der Waals surface area contributed by atoms with Gasteiger partial charge in [-0.1, -0.05) is 23.8 Å². The largest absolute Gasteiger partial charge is 1.00 e. The van der Waals surface area contributed by atoms with Crippen LogP contribution < -0.4 is 18.9 Å². The summed E-state index contributed by atoms with van der Waals surface area (Å²) in [6, 6.07) is 20.5. The van der Waals surface area contributed by atoms with Crippen molar-refractivity contribution in [2.24, 2.45) is 4.99 Å². The smallest absolute Gasteiger partial charge is 0.484 e. The van der Waals surface area contributed by atoms with Crippen molar-refractivity contribution in [1.29, 1.82) is 0 Å². The first kappa shape index (κ1) is 15.6. The summed E-state index contributed by atoms with van der Waals surface area (Å²) in [5.41, 5.74) is 1.83. The molecule has 19 heavy (non-hydrogen) atoms. The van der Waals surface area contributed by atoms with E-state index in [1.807, 2.05) is 68.4 Å². The van der Waals surface area contributed by atoms with Crippen LogP contribution in [0, 0.1) is 6.07 Å². The van der Waals surface area contributed by atoms with Crippen LogP contribution in [0.2, 0.25) is 0 Å². The van der Waals surface area contributed by atoms with Gasteiger partial charge in [0.25, 0.3) is 0 Å². The van der Waals surface area contributed by atoms with Crippen molar-refractivity contribution in [2.45, 2.75) is 20.0 Å². The molecule has 0 saturated heterocycles. The molecule has 2 aromatic carbocycles. The van der Waals surface area contributed by atoms with E-state index in [9.17, 15) is 0 Å². The molecule has 3 heteroatoms. The zero-order valence-corrected chi connectivity index (χ0v) is 11.6. The van der Waals surface area contributed by atoms with Gasteiger partial charge in [-0.15, -0.1) is 0 Å². The van der Waals surface area contributed by atoms with Gasteiger partial charge >= 0.3 is 18.9 Å². The monoisotopic (exact) mass is 245 g/mol. The average molecular weight is 245 g/mol. The molecule has 0 aromatic heterocycles. The third kappa shape index (κ3) is 4.94. The molecule has 0 N–H and O–H groups in total. The normalized spacial score (nSPS) is 11.0. The molecule has 0 radical (unpaired) electrons. The zero-order valence-electron chi connectivity index (χ0n) is 11.6. The number of aliphatic imine (C=N–C) groups is 1. The van der Waals surface area contributed by atoms with Crippen LogP contribution in [0.4, 0.5) is 5.69 Å². The van der Waals surface area contributed by atoms with Crippen LogP contribution in [0.25, 0.3) is 0 Å². The Morgan fingerprint density at radius 3 is 2.42 bits per heavy atom. The number of para-hydroxylation sites is 1. The number of rotatable bonds is 3. The Hall–Kier alpha value is -1.49. The summed E-state index contributed by atoms with van der Waals surface area (Å²) in [7, 11) is 0. The minimum absolute atomic E-state index is 0. The number of ether oxygens (including phenoxy) is 1. The first-order valence-electron chi connectivity index (χ1n) is 6.02. The molecule has 0 bridgehead atoms. The SMILES string of the molecule is CC(C)OC(=Nc1ccccc1)c1c[c-]ccc1.[Li+]. The van der Waals surface area contributed by atoms with Crippen molar-refractivity contribution in [1.82, 2.24) is 0 Å². The molecule has 0 fully saturated rings. The summed E-state index contributed by atoms with van der Waals surface area (Å²) in [5.74, 6) is 0.632. The quantitative estimate of drug-likeness (QED) is 0.342. The molecule has 0 unspecified atom stereocenters. The number of hydrogen-bond donors (Lipinski definition) is 0. The summed E-state index contributed by atoms with van der Waals surface area (Å²) >= 11 is 0.